The first kappa shape index (κ1) is 19.3. The van der Waals surface area contributed by atoms with E-state index in [1.807, 2.05) is 30.3 Å². The van der Waals surface area contributed by atoms with E-state index in [-0.39, 0.29) is 12.0 Å². The second-order valence-electron chi connectivity index (χ2n) is 6.56. The molecule has 0 aliphatic heterocycles. The van der Waals surface area contributed by atoms with Gasteiger partial charge in [-0.05, 0) is 42.5 Å². The van der Waals surface area contributed by atoms with Crippen molar-refractivity contribution in [3.63, 3.8) is 0 Å². The normalized spacial score (nSPS) is 11.4. The van der Waals surface area contributed by atoms with Gasteiger partial charge in [0.1, 0.15) is 35.2 Å². The van der Waals surface area contributed by atoms with E-state index in [9.17, 15) is 10.0 Å². The molecule has 6 nitrogen and oxygen atoms in total. The smallest absolute Gasteiger partial charge is 0.193 e. The molecule has 3 aromatic carbocycles. The number of oxime groups is 1. The maximum absolute atomic E-state index is 12.6. The summed E-state index contributed by atoms with van der Waals surface area (Å²) in [5.41, 5.74) is 2.20. The largest absolute Gasteiger partial charge is 0.497 e. The minimum atomic E-state index is -0.160. The van der Waals surface area contributed by atoms with Gasteiger partial charge in [0.25, 0.3) is 0 Å². The number of fused-ring (bicyclic) bond motifs is 1. The van der Waals surface area contributed by atoms with Crippen LogP contribution in [0, 0.1) is 0 Å². The first-order valence-corrected chi connectivity index (χ1v) is 9.29. The van der Waals surface area contributed by atoms with Gasteiger partial charge in [0.05, 0.1) is 12.5 Å². The predicted molar refractivity (Wildman–Crippen MR) is 115 cm³/mol. The quantitative estimate of drug-likeness (QED) is 0.287. The highest BCUT2D eigenvalue weighted by Gasteiger charge is 2.10. The van der Waals surface area contributed by atoms with Crippen LogP contribution in [0.1, 0.15) is 5.56 Å². The first-order chi connectivity index (χ1) is 14.7. The average molecular weight is 401 g/mol. The highest BCUT2D eigenvalue weighted by molar-refractivity contribution is 6.01. The molecule has 0 unspecified atom stereocenters. The molecule has 30 heavy (non-hydrogen) atoms. The van der Waals surface area contributed by atoms with Gasteiger partial charge < -0.3 is 19.1 Å². The van der Waals surface area contributed by atoms with Crippen molar-refractivity contribution in [2.75, 3.05) is 13.7 Å². The minimum Gasteiger partial charge on any atom is -0.497 e. The average Bonchev–Trinajstić information content (AvgIpc) is 2.80. The van der Waals surface area contributed by atoms with E-state index in [4.69, 9.17) is 13.9 Å². The van der Waals surface area contributed by atoms with Crippen molar-refractivity contribution in [2.45, 2.75) is 0 Å². The summed E-state index contributed by atoms with van der Waals surface area (Å²) in [5, 5.41) is 13.1. The second-order valence-corrected chi connectivity index (χ2v) is 6.56. The lowest BCUT2D eigenvalue weighted by molar-refractivity contribution is 0.308. The van der Waals surface area contributed by atoms with Gasteiger partial charge in [0, 0.05) is 17.2 Å². The van der Waals surface area contributed by atoms with Crippen LogP contribution in [-0.2, 0) is 0 Å². The molecular formula is C24H19NO5. The van der Waals surface area contributed by atoms with Gasteiger partial charge in [-0.2, -0.15) is 0 Å². The summed E-state index contributed by atoms with van der Waals surface area (Å²) in [4.78, 5) is 12.6. The third-order valence-corrected chi connectivity index (χ3v) is 4.68. The van der Waals surface area contributed by atoms with Gasteiger partial charge in [-0.25, -0.2) is 0 Å². The second kappa shape index (κ2) is 8.53. The fraction of sp³-hybridized carbons (Fsp3) is 0.0833. The molecule has 0 spiro atoms. The van der Waals surface area contributed by atoms with E-state index in [0.29, 0.717) is 39.5 Å². The molecule has 0 saturated heterocycles. The lowest BCUT2D eigenvalue weighted by Gasteiger charge is -2.09. The zero-order chi connectivity index (χ0) is 20.9. The van der Waals surface area contributed by atoms with Crippen molar-refractivity contribution in [2.24, 2.45) is 5.16 Å². The maximum Gasteiger partial charge on any atom is 0.193 e. The molecule has 0 aliphatic carbocycles. The van der Waals surface area contributed by atoms with Crippen LogP contribution in [0.3, 0.4) is 0 Å². The van der Waals surface area contributed by atoms with Crippen LogP contribution in [0.2, 0.25) is 0 Å². The molecule has 1 aromatic heterocycles. The third kappa shape index (κ3) is 4.03. The molecule has 150 valence electrons. The van der Waals surface area contributed by atoms with Crippen molar-refractivity contribution < 1.29 is 19.1 Å². The third-order valence-electron chi connectivity index (χ3n) is 4.68. The van der Waals surface area contributed by atoms with E-state index >= 15 is 0 Å². The van der Waals surface area contributed by atoms with Crippen LogP contribution >= 0.6 is 0 Å². The summed E-state index contributed by atoms with van der Waals surface area (Å²) < 4.78 is 16.8. The van der Waals surface area contributed by atoms with Crippen LogP contribution in [-0.4, -0.2) is 24.6 Å². The SMILES string of the molecule is COc1ccc(/C(COc2ccc3oc(-c4ccccc4)cc(=O)c3c2)=N\O)cc1. The van der Waals surface area contributed by atoms with Crippen molar-refractivity contribution in [1.82, 2.24) is 0 Å². The van der Waals surface area contributed by atoms with Crippen molar-refractivity contribution in [1.29, 1.82) is 0 Å². The van der Waals surface area contributed by atoms with Gasteiger partial charge in [-0.1, -0.05) is 35.5 Å². The van der Waals surface area contributed by atoms with Crippen molar-refractivity contribution in [3.05, 3.63) is 94.6 Å². The monoisotopic (exact) mass is 401 g/mol. The number of ether oxygens (including phenoxy) is 2. The molecule has 4 rings (SSSR count). The molecule has 0 radical (unpaired) electrons. The van der Waals surface area contributed by atoms with Crippen LogP contribution in [0.5, 0.6) is 11.5 Å². The molecule has 0 fully saturated rings. The minimum absolute atomic E-state index is 0.0295. The Bertz CT molecular complexity index is 1240. The molecule has 1 heterocycles. The van der Waals surface area contributed by atoms with Gasteiger partial charge in [0.15, 0.2) is 5.43 Å². The number of benzene rings is 3. The number of hydrogen-bond acceptors (Lipinski definition) is 6. The van der Waals surface area contributed by atoms with E-state index in [2.05, 4.69) is 5.16 Å². The summed E-state index contributed by atoms with van der Waals surface area (Å²) in [6.45, 7) is 0.0295. The lowest BCUT2D eigenvalue weighted by Crippen LogP contribution is -2.13. The van der Waals surface area contributed by atoms with Crippen LogP contribution in [0.4, 0.5) is 0 Å². The molecule has 1 N–H and O–H groups in total. The van der Waals surface area contributed by atoms with E-state index in [1.165, 1.54) is 6.07 Å². The number of rotatable bonds is 6. The predicted octanol–water partition coefficient (Wildman–Crippen LogP) is 4.73. The van der Waals surface area contributed by atoms with Crippen LogP contribution in [0.15, 0.2) is 93.2 Å². The Kier molecular flexibility index (Phi) is 5.48. The summed E-state index contributed by atoms with van der Waals surface area (Å²) in [6, 6.07) is 23.0. The standard InChI is InChI=1S/C24H19NO5/c1-28-18-9-7-16(8-10-18)21(25-27)15-29-19-11-12-23-20(13-19)22(26)14-24(30-23)17-5-3-2-4-6-17/h2-14,27H,15H2,1H3/b25-21-. The first-order valence-electron chi connectivity index (χ1n) is 9.29. The fourth-order valence-electron chi connectivity index (χ4n) is 3.07. The molecule has 0 bridgehead atoms. The topological polar surface area (TPSA) is 81.3 Å². The van der Waals surface area contributed by atoms with E-state index in [0.717, 1.165) is 5.56 Å². The van der Waals surface area contributed by atoms with Gasteiger partial charge in [-0.3, -0.25) is 4.79 Å². The van der Waals surface area contributed by atoms with Gasteiger partial charge in [0.2, 0.25) is 0 Å². The number of nitrogens with zero attached hydrogens (tertiary/aromatic N) is 1. The number of hydrogen-bond donors (Lipinski definition) is 1. The van der Waals surface area contributed by atoms with Crippen molar-refractivity contribution >= 4 is 16.7 Å². The van der Waals surface area contributed by atoms with Gasteiger partial charge in [-0.15, -0.1) is 0 Å². The van der Waals surface area contributed by atoms with Gasteiger partial charge >= 0.3 is 0 Å². The Morgan fingerprint density at radius 2 is 1.70 bits per heavy atom. The molecule has 0 saturated carbocycles. The molecule has 0 atom stereocenters. The molecule has 0 aliphatic rings. The Hall–Kier alpha value is -4.06. The zero-order valence-electron chi connectivity index (χ0n) is 16.2. The van der Waals surface area contributed by atoms with Crippen LogP contribution in [0.25, 0.3) is 22.3 Å². The highest BCUT2D eigenvalue weighted by Crippen LogP contribution is 2.24. The maximum atomic E-state index is 12.6. The summed E-state index contributed by atoms with van der Waals surface area (Å²) >= 11 is 0. The van der Waals surface area contributed by atoms with Crippen molar-refractivity contribution in [3.8, 4) is 22.8 Å². The van der Waals surface area contributed by atoms with E-state index in [1.54, 1.807) is 49.6 Å². The Labute approximate surface area is 172 Å². The highest BCUT2D eigenvalue weighted by atomic mass is 16.5. The van der Waals surface area contributed by atoms with E-state index < -0.39 is 0 Å². The fourth-order valence-corrected chi connectivity index (χ4v) is 3.07. The molecule has 4 aromatic rings. The zero-order valence-corrected chi connectivity index (χ0v) is 16.2. The lowest BCUT2D eigenvalue weighted by atomic mass is 10.1. The Morgan fingerprint density at radius 3 is 2.40 bits per heavy atom. The Balaban J connectivity index is 1.56. The summed E-state index contributed by atoms with van der Waals surface area (Å²) in [7, 11) is 1.58. The molecule has 0 amide bonds. The van der Waals surface area contributed by atoms with Crippen LogP contribution < -0.4 is 14.9 Å². The molecular weight excluding hydrogens is 382 g/mol. The number of methoxy groups -OCH3 is 1. The summed E-state index contributed by atoms with van der Waals surface area (Å²) in [5.74, 6) is 1.68. The summed E-state index contributed by atoms with van der Waals surface area (Å²) in [6.07, 6.45) is 0. The Morgan fingerprint density at radius 1 is 0.967 bits per heavy atom. The molecule has 6 heteroatoms.